The van der Waals surface area contributed by atoms with E-state index in [0.29, 0.717) is 45.3 Å². The summed E-state index contributed by atoms with van der Waals surface area (Å²) < 4.78 is 0. The average Bonchev–Trinajstić information content (AvgIpc) is 2.85. The Kier molecular flexibility index (Phi) is 5.91. The third kappa shape index (κ3) is 3.68. The van der Waals surface area contributed by atoms with Crippen molar-refractivity contribution in [3.63, 3.8) is 0 Å². The summed E-state index contributed by atoms with van der Waals surface area (Å²) in [5, 5.41) is 11.2. The second kappa shape index (κ2) is 9.02. The quantitative estimate of drug-likeness (QED) is 0.448. The topological polar surface area (TPSA) is 70.1 Å². The normalized spacial score (nSPS) is 20.3. The van der Waals surface area contributed by atoms with Crippen LogP contribution in [0.2, 0.25) is 10.0 Å². The molecule has 168 valence electrons. The van der Waals surface area contributed by atoms with Gasteiger partial charge in [0.05, 0.1) is 28.3 Å². The molecule has 0 bridgehead atoms. The number of hydrogen-bond acceptors (Lipinski definition) is 4. The van der Waals surface area contributed by atoms with Crippen LogP contribution in [0.1, 0.15) is 35.8 Å². The average molecular weight is 486 g/mol. The highest BCUT2D eigenvalue weighted by atomic mass is 35.5. The molecule has 0 aromatic heterocycles. The van der Waals surface area contributed by atoms with Crippen LogP contribution in [-0.2, 0) is 4.79 Å². The summed E-state index contributed by atoms with van der Waals surface area (Å²) in [5.41, 5.74) is 10.7. The van der Waals surface area contributed by atoms with Gasteiger partial charge in [0, 0.05) is 22.7 Å². The van der Waals surface area contributed by atoms with Gasteiger partial charge in [-0.25, -0.2) is 0 Å². The van der Waals surface area contributed by atoms with Crippen LogP contribution in [-0.4, -0.2) is 5.78 Å². The number of para-hydroxylation sites is 1. The van der Waals surface area contributed by atoms with Crippen LogP contribution >= 0.6 is 23.2 Å². The van der Waals surface area contributed by atoms with Gasteiger partial charge >= 0.3 is 0 Å². The van der Waals surface area contributed by atoms with Gasteiger partial charge in [-0.3, -0.25) is 9.69 Å². The molecule has 1 aliphatic carbocycles. The van der Waals surface area contributed by atoms with Gasteiger partial charge in [0.15, 0.2) is 5.78 Å². The summed E-state index contributed by atoms with van der Waals surface area (Å²) >= 11 is 13.2. The molecule has 2 N–H and O–H groups in total. The SMILES string of the molecule is N#CC1=C(N)N(c2ccccc2Cl)C2=C(C(=O)C[C@H](c3ccccc3)C2)[C@H]1c1ccccc1Cl. The molecule has 3 aromatic carbocycles. The smallest absolute Gasteiger partial charge is 0.162 e. The molecule has 0 spiro atoms. The molecule has 34 heavy (non-hydrogen) atoms. The van der Waals surface area contributed by atoms with Gasteiger partial charge < -0.3 is 5.73 Å². The number of ketones is 1. The Bertz CT molecular complexity index is 1390. The van der Waals surface area contributed by atoms with Crippen molar-refractivity contribution in [3.8, 4) is 6.07 Å². The molecule has 2 atom stereocenters. The Morgan fingerprint density at radius 3 is 2.21 bits per heavy atom. The standard InChI is InChI=1S/C28H21Cl2N3O/c29-21-11-5-4-10-19(21)26-20(16-31)28(32)33(23-13-7-6-12-22(23)30)24-14-18(15-25(34)27(24)26)17-8-2-1-3-9-17/h1-13,18,26H,14-15,32H2/t18-,26+/m1/s1. The molecule has 2 aliphatic rings. The van der Waals surface area contributed by atoms with Crippen LogP contribution in [0.3, 0.4) is 0 Å². The molecule has 6 heteroatoms. The largest absolute Gasteiger partial charge is 0.384 e. The van der Waals surface area contributed by atoms with Crippen LogP contribution < -0.4 is 10.6 Å². The van der Waals surface area contributed by atoms with Crippen LogP contribution in [0.5, 0.6) is 0 Å². The number of halogens is 2. The number of nitrogens with two attached hydrogens (primary N) is 1. The molecule has 0 unspecified atom stereocenters. The molecular formula is C28H21Cl2N3O. The number of carbonyl (C=O) groups is 1. The number of benzene rings is 3. The van der Waals surface area contributed by atoms with Crippen LogP contribution in [0.15, 0.2) is 102 Å². The van der Waals surface area contributed by atoms with Crippen LogP contribution in [0.4, 0.5) is 5.69 Å². The van der Waals surface area contributed by atoms with E-state index in [-0.39, 0.29) is 17.5 Å². The number of nitrogens with zero attached hydrogens (tertiary/aromatic N) is 2. The first kappa shape index (κ1) is 22.3. The van der Waals surface area contributed by atoms with E-state index >= 15 is 0 Å². The number of rotatable bonds is 3. The van der Waals surface area contributed by atoms with Gasteiger partial charge in [0.1, 0.15) is 5.82 Å². The fraction of sp³-hybridized carbons (Fsp3) is 0.143. The Morgan fingerprint density at radius 2 is 1.53 bits per heavy atom. The van der Waals surface area contributed by atoms with E-state index in [0.717, 1.165) is 11.3 Å². The highest BCUT2D eigenvalue weighted by Gasteiger charge is 2.43. The van der Waals surface area contributed by atoms with E-state index < -0.39 is 5.92 Å². The van der Waals surface area contributed by atoms with Crippen molar-refractivity contribution in [2.45, 2.75) is 24.7 Å². The third-order valence-electron chi connectivity index (χ3n) is 6.55. The monoisotopic (exact) mass is 485 g/mol. The van der Waals surface area contributed by atoms with Crippen molar-refractivity contribution in [1.82, 2.24) is 0 Å². The zero-order valence-corrected chi connectivity index (χ0v) is 19.7. The van der Waals surface area contributed by atoms with E-state index in [1.807, 2.05) is 66.7 Å². The number of nitriles is 1. The number of allylic oxidation sites excluding steroid dienone is 3. The Hall–Kier alpha value is -3.52. The lowest BCUT2D eigenvalue weighted by atomic mass is 9.72. The van der Waals surface area contributed by atoms with E-state index in [1.54, 1.807) is 17.0 Å². The second-order valence-electron chi connectivity index (χ2n) is 8.45. The van der Waals surface area contributed by atoms with Gasteiger partial charge in [-0.2, -0.15) is 5.26 Å². The van der Waals surface area contributed by atoms with Crippen molar-refractivity contribution < 1.29 is 4.79 Å². The number of anilines is 1. The van der Waals surface area contributed by atoms with E-state index in [1.165, 1.54) is 0 Å². The van der Waals surface area contributed by atoms with Crippen LogP contribution in [0.25, 0.3) is 0 Å². The predicted octanol–water partition coefficient (Wildman–Crippen LogP) is 6.69. The fourth-order valence-corrected chi connectivity index (χ4v) is 5.48. The van der Waals surface area contributed by atoms with Crippen molar-refractivity contribution in [3.05, 3.63) is 123 Å². The Balaban J connectivity index is 1.76. The first-order valence-electron chi connectivity index (χ1n) is 11.0. The highest BCUT2D eigenvalue weighted by Crippen LogP contribution is 2.50. The first-order chi connectivity index (χ1) is 16.5. The van der Waals surface area contributed by atoms with Gasteiger partial charge in [0.25, 0.3) is 0 Å². The van der Waals surface area contributed by atoms with Crippen LogP contribution in [0, 0.1) is 11.3 Å². The molecule has 0 radical (unpaired) electrons. The van der Waals surface area contributed by atoms with Gasteiger partial charge in [-0.15, -0.1) is 0 Å². The molecule has 1 heterocycles. The Morgan fingerprint density at radius 1 is 0.882 bits per heavy atom. The Labute approximate surface area is 208 Å². The lowest BCUT2D eigenvalue weighted by Crippen LogP contribution is -2.40. The van der Waals surface area contributed by atoms with Gasteiger partial charge in [0.2, 0.25) is 0 Å². The lowest BCUT2D eigenvalue weighted by molar-refractivity contribution is -0.116. The molecule has 0 saturated carbocycles. The molecular weight excluding hydrogens is 465 g/mol. The van der Waals surface area contributed by atoms with Gasteiger partial charge in [-0.1, -0.05) is 83.9 Å². The fourth-order valence-electron chi connectivity index (χ4n) is 5.02. The van der Waals surface area contributed by atoms with E-state index in [4.69, 9.17) is 28.9 Å². The van der Waals surface area contributed by atoms with Crippen molar-refractivity contribution in [1.29, 1.82) is 5.26 Å². The third-order valence-corrected chi connectivity index (χ3v) is 7.21. The minimum Gasteiger partial charge on any atom is -0.384 e. The zero-order chi connectivity index (χ0) is 23.8. The molecule has 5 rings (SSSR count). The first-order valence-corrected chi connectivity index (χ1v) is 11.8. The van der Waals surface area contributed by atoms with Crippen molar-refractivity contribution in [2.75, 3.05) is 4.90 Å². The summed E-state index contributed by atoms with van der Waals surface area (Å²) in [5.74, 6) is -0.393. The summed E-state index contributed by atoms with van der Waals surface area (Å²) in [6.45, 7) is 0. The van der Waals surface area contributed by atoms with E-state index in [2.05, 4.69) is 6.07 Å². The summed E-state index contributed by atoms with van der Waals surface area (Å²) in [6, 6.07) is 26.9. The van der Waals surface area contributed by atoms with Crippen molar-refractivity contribution >= 4 is 34.7 Å². The minimum atomic E-state index is -0.628. The molecule has 0 fully saturated rings. The maximum atomic E-state index is 13.8. The zero-order valence-electron chi connectivity index (χ0n) is 18.2. The number of hydrogen-bond donors (Lipinski definition) is 1. The molecule has 1 aliphatic heterocycles. The summed E-state index contributed by atoms with van der Waals surface area (Å²) in [4.78, 5) is 15.6. The second-order valence-corrected chi connectivity index (χ2v) is 9.27. The lowest BCUT2D eigenvalue weighted by Gasteiger charge is -2.42. The molecule has 0 amide bonds. The van der Waals surface area contributed by atoms with Gasteiger partial charge in [-0.05, 0) is 41.7 Å². The maximum absolute atomic E-state index is 13.8. The molecule has 3 aromatic rings. The molecule has 0 saturated heterocycles. The number of Topliss-reactive ketones (excluding diaryl/α,β-unsaturated/α-hetero) is 1. The number of carbonyl (C=O) groups excluding carboxylic acids is 1. The highest BCUT2D eigenvalue weighted by molar-refractivity contribution is 6.33. The van der Waals surface area contributed by atoms with E-state index in [9.17, 15) is 10.1 Å². The summed E-state index contributed by atoms with van der Waals surface area (Å²) in [7, 11) is 0. The van der Waals surface area contributed by atoms with Crippen molar-refractivity contribution in [2.24, 2.45) is 5.73 Å². The minimum absolute atomic E-state index is 0.0132. The maximum Gasteiger partial charge on any atom is 0.162 e. The predicted molar refractivity (Wildman–Crippen MR) is 135 cm³/mol. The molecule has 4 nitrogen and oxygen atoms in total. The summed E-state index contributed by atoms with van der Waals surface area (Å²) in [6.07, 6.45) is 0.926.